The summed E-state index contributed by atoms with van der Waals surface area (Å²) in [5.41, 5.74) is 2.57. The highest BCUT2D eigenvalue weighted by Gasteiger charge is 2.22. The Bertz CT molecular complexity index is 296. The van der Waals surface area contributed by atoms with Gasteiger partial charge in [-0.05, 0) is 30.4 Å². The van der Waals surface area contributed by atoms with Crippen LogP contribution in [-0.2, 0) is 11.8 Å². The molecule has 1 heteroatoms. The Morgan fingerprint density at radius 3 is 2.19 bits per heavy atom. The summed E-state index contributed by atoms with van der Waals surface area (Å²) < 4.78 is 0. The van der Waals surface area contributed by atoms with E-state index in [2.05, 4.69) is 45.0 Å². The maximum Gasteiger partial charge on any atom is 0.0525 e. The first-order valence-corrected chi connectivity index (χ1v) is 6.36. The summed E-state index contributed by atoms with van der Waals surface area (Å²) in [5.74, 6) is 0. The molecule has 16 heavy (non-hydrogen) atoms. The first kappa shape index (κ1) is 13.2. The van der Waals surface area contributed by atoms with Gasteiger partial charge in [-0.15, -0.1) is 0 Å². The van der Waals surface area contributed by atoms with Crippen LogP contribution < -0.4 is 0 Å². The maximum atomic E-state index is 9.45. The molecule has 0 amide bonds. The van der Waals surface area contributed by atoms with Crippen LogP contribution in [0.25, 0.3) is 0 Å². The zero-order valence-corrected chi connectivity index (χ0v) is 10.8. The van der Waals surface area contributed by atoms with Gasteiger partial charge in [0.05, 0.1) is 6.61 Å². The number of hydrogen-bond acceptors (Lipinski definition) is 1. The van der Waals surface area contributed by atoms with E-state index in [0.29, 0.717) is 0 Å². The zero-order valence-electron chi connectivity index (χ0n) is 10.8. The SMILES string of the molecule is CCCCc1ccc(C(C)(CC)CO)cc1. The minimum Gasteiger partial charge on any atom is -0.395 e. The lowest BCUT2D eigenvalue weighted by Crippen LogP contribution is -2.25. The van der Waals surface area contributed by atoms with Crippen molar-refractivity contribution in [2.75, 3.05) is 6.61 Å². The van der Waals surface area contributed by atoms with Crippen molar-refractivity contribution in [3.8, 4) is 0 Å². The average molecular weight is 220 g/mol. The van der Waals surface area contributed by atoms with Gasteiger partial charge in [-0.2, -0.15) is 0 Å². The van der Waals surface area contributed by atoms with Crippen molar-refractivity contribution in [1.82, 2.24) is 0 Å². The molecule has 90 valence electrons. The largest absolute Gasteiger partial charge is 0.395 e. The zero-order chi connectivity index (χ0) is 12.0. The Morgan fingerprint density at radius 1 is 1.12 bits per heavy atom. The van der Waals surface area contributed by atoms with Gasteiger partial charge in [0.15, 0.2) is 0 Å². The van der Waals surface area contributed by atoms with Crippen LogP contribution in [0.5, 0.6) is 0 Å². The fraction of sp³-hybridized carbons (Fsp3) is 0.600. The lowest BCUT2D eigenvalue weighted by Gasteiger charge is -2.26. The Hall–Kier alpha value is -0.820. The topological polar surface area (TPSA) is 20.2 Å². The molecule has 0 aliphatic heterocycles. The molecule has 0 aliphatic carbocycles. The number of aliphatic hydroxyl groups is 1. The summed E-state index contributed by atoms with van der Waals surface area (Å²) in [6.45, 7) is 6.68. The van der Waals surface area contributed by atoms with E-state index < -0.39 is 0 Å². The minimum absolute atomic E-state index is 0.0801. The van der Waals surface area contributed by atoms with Crippen LogP contribution >= 0.6 is 0 Å². The number of aryl methyl sites for hydroxylation is 1. The molecule has 1 aromatic carbocycles. The third kappa shape index (κ3) is 3.08. The molecule has 0 saturated carbocycles. The van der Waals surface area contributed by atoms with E-state index in [0.717, 1.165) is 6.42 Å². The average Bonchev–Trinajstić information content (AvgIpc) is 2.36. The molecule has 0 saturated heterocycles. The second-order valence-electron chi connectivity index (χ2n) is 4.87. The molecule has 0 aromatic heterocycles. The predicted molar refractivity (Wildman–Crippen MR) is 69.8 cm³/mol. The monoisotopic (exact) mass is 220 g/mol. The third-order valence-electron chi connectivity index (χ3n) is 3.60. The van der Waals surface area contributed by atoms with Crippen LogP contribution in [0.2, 0.25) is 0 Å². The predicted octanol–water partition coefficient (Wildman–Crippen LogP) is 3.69. The van der Waals surface area contributed by atoms with Crippen molar-refractivity contribution in [3.05, 3.63) is 35.4 Å². The Balaban J connectivity index is 2.77. The lowest BCUT2D eigenvalue weighted by molar-refractivity contribution is 0.201. The minimum atomic E-state index is -0.0801. The van der Waals surface area contributed by atoms with E-state index in [1.807, 2.05) is 0 Å². The molecule has 0 heterocycles. The van der Waals surface area contributed by atoms with Gasteiger partial charge in [0.25, 0.3) is 0 Å². The fourth-order valence-corrected chi connectivity index (χ4v) is 1.86. The van der Waals surface area contributed by atoms with E-state index in [1.54, 1.807) is 0 Å². The van der Waals surface area contributed by atoms with Gasteiger partial charge < -0.3 is 5.11 Å². The molecule has 1 atom stereocenters. The third-order valence-corrected chi connectivity index (χ3v) is 3.60. The van der Waals surface area contributed by atoms with Gasteiger partial charge in [-0.3, -0.25) is 0 Å². The van der Waals surface area contributed by atoms with Gasteiger partial charge in [-0.25, -0.2) is 0 Å². The Kier molecular flexibility index (Phi) is 5.01. The van der Waals surface area contributed by atoms with E-state index in [1.165, 1.54) is 30.4 Å². The highest BCUT2D eigenvalue weighted by Crippen LogP contribution is 2.27. The summed E-state index contributed by atoms with van der Waals surface area (Å²) in [6.07, 6.45) is 4.63. The molecule has 1 rings (SSSR count). The van der Waals surface area contributed by atoms with Crippen molar-refractivity contribution >= 4 is 0 Å². The van der Waals surface area contributed by atoms with Crippen LogP contribution in [0, 0.1) is 0 Å². The standard InChI is InChI=1S/C15H24O/c1-4-6-7-13-8-10-14(11-9-13)15(3,5-2)12-16/h8-11,16H,4-7,12H2,1-3H3. The van der Waals surface area contributed by atoms with E-state index in [4.69, 9.17) is 0 Å². The Morgan fingerprint density at radius 2 is 1.75 bits per heavy atom. The molecule has 1 N–H and O–H groups in total. The molecule has 0 bridgehead atoms. The second-order valence-corrected chi connectivity index (χ2v) is 4.87. The van der Waals surface area contributed by atoms with Crippen LogP contribution in [-0.4, -0.2) is 11.7 Å². The highest BCUT2D eigenvalue weighted by atomic mass is 16.3. The number of unbranched alkanes of at least 4 members (excludes halogenated alkanes) is 1. The molecule has 1 unspecified atom stereocenters. The summed E-state index contributed by atoms with van der Waals surface area (Å²) in [7, 11) is 0. The van der Waals surface area contributed by atoms with E-state index in [-0.39, 0.29) is 12.0 Å². The summed E-state index contributed by atoms with van der Waals surface area (Å²) in [4.78, 5) is 0. The number of rotatable bonds is 6. The first-order chi connectivity index (χ1) is 7.66. The van der Waals surface area contributed by atoms with Crippen LogP contribution in [0.3, 0.4) is 0 Å². The molecule has 0 aliphatic rings. The van der Waals surface area contributed by atoms with E-state index in [9.17, 15) is 5.11 Å². The normalized spacial score (nSPS) is 14.8. The lowest BCUT2D eigenvalue weighted by atomic mass is 9.80. The molecule has 1 nitrogen and oxygen atoms in total. The second kappa shape index (κ2) is 6.05. The van der Waals surface area contributed by atoms with E-state index >= 15 is 0 Å². The number of hydrogen-bond donors (Lipinski definition) is 1. The highest BCUT2D eigenvalue weighted by molar-refractivity contribution is 5.28. The maximum absolute atomic E-state index is 9.45. The van der Waals surface area contributed by atoms with Crippen molar-refractivity contribution in [2.45, 2.75) is 51.9 Å². The van der Waals surface area contributed by atoms with Crippen molar-refractivity contribution in [3.63, 3.8) is 0 Å². The fourth-order valence-electron chi connectivity index (χ4n) is 1.86. The number of aliphatic hydroxyl groups excluding tert-OH is 1. The van der Waals surface area contributed by atoms with Crippen molar-refractivity contribution in [1.29, 1.82) is 0 Å². The first-order valence-electron chi connectivity index (χ1n) is 6.36. The molecule has 0 fully saturated rings. The van der Waals surface area contributed by atoms with Gasteiger partial charge in [-0.1, -0.05) is 51.5 Å². The van der Waals surface area contributed by atoms with Gasteiger partial charge >= 0.3 is 0 Å². The van der Waals surface area contributed by atoms with Crippen LogP contribution in [0.15, 0.2) is 24.3 Å². The Labute approximate surface area is 99.5 Å². The van der Waals surface area contributed by atoms with Crippen molar-refractivity contribution in [2.24, 2.45) is 0 Å². The van der Waals surface area contributed by atoms with Gasteiger partial charge in [0.2, 0.25) is 0 Å². The summed E-state index contributed by atoms with van der Waals surface area (Å²) >= 11 is 0. The van der Waals surface area contributed by atoms with Gasteiger partial charge in [0.1, 0.15) is 0 Å². The quantitative estimate of drug-likeness (QED) is 0.775. The molecular formula is C15H24O. The molecule has 0 radical (unpaired) electrons. The van der Waals surface area contributed by atoms with Crippen LogP contribution in [0.4, 0.5) is 0 Å². The summed E-state index contributed by atoms with van der Waals surface area (Å²) in [6, 6.07) is 8.75. The molecular weight excluding hydrogens is 196 g/mol. The molecule has 0 spiro atoms. The molecule has 1 aromatic rings. The number of benzene rings is 1. The van der Waals surface area contributed by atoms with Crippen LogP contribution in [0.1, 0.15) is 51.2 Å². The van der Waals surface area contributed by atoms with Gasteiger partial charge in [0, 0.05) is 5.41 Å². The van der Waals surface area contributed by atoms with Crippen molar-refractivity contribution < 1.29 is 5.11 Å². The smallest absolute Gasteiger partial charge is 0.0525 e. The summed E-state index contributed by atoms with van der Waals surface area (Å²) in [5, 5.41) is 9.45.